The van der Waals surface area contributed by atoms with Gasteiger partial charge in [-0.3, -0.25) is 9.59 Å². The lowest BCUT2D eigenvalue weighted by Crippen LogP contribution is -2.04. The first kappa shape index (κ1) is 17.7. The summed E-state index contributed by atoms with van der Waals surface area (Å²) < 4.78 is 5.18. The lowest BCUT2D eigenvalue weighted by molar-refractivity contribution is 0.0980. The fourth-order valence-electron chi connectivity index (χ4n) is 2.05. The number of methoxy groups -OCH3 is 1. The summed E-state index contributed by atoms with van der Waals surface area (Å²) in [6, 6.07) is 14.7. The van der Waals surface area contributed by atoms with Crippen molar-refractivity contribution in [2.24, 2.45) is 0 Å². The topological polar surface area (TPSA) is 43.4 Å². The molecule has 0 saturated heterocycles. The number of ether oxygens (including phenoxy) is 1. The van der Waals surface area contributed by atoms with E-state index in [1.807, 2.05) is 30.3 Å². The molecule has 0 unspecified atom stereocenters. The fraction of sp³-hybridized carbons (Fsp3) is 0.222. The van der Waals surface area contributed by atoms with E-state index in [0.29, 0.717) is 29.7 Å². The Morgan fingerprint density at radius 2 is 1.82 bits per heavy atom. The Labute approximate surface area is 132 Å². The third-order valence-corrected chi connectivity index (χ3v) is 3.14. The summed E-state index contributed by atoms with van der Waals surface area (Å²) >= 11 is 0. The Morgan fingerprint density at radius 3 is 2.41 bits per heavy atom. The molecule has 0 heterocycles. The van der Waals surface area contributed by atoms with Gasteiger partial charge in [-0.05, 0) is 30.2 Å². The minimum Gasteiger partial charge on any atom is -0.496 e. The Bertz CT molecular complexity index is 609. The largest absolute Gasteiger partial charge is 0.496 e. The second-order valence-corrected chi connectivity index (χ2v) is 4.49. The van der Waals surface area contributed by atoms with Gasteiger partial charge in [0.25, 0.3) is 0 Å². The average molecular weight is 294 g/mol. The van der Waals surface area contributed by atoms with Crippen LogP contribution in [0, 0.1) is 0 Å². The monoisotopic (exact) mass is 294 g/mol. The molecule has 0 amide bonds. The number of carbonyl (C=O) groups excluding carboxylic acids is 2. The Balaban J connectivity index is 0.00000116. The highest BCUT2D eigenvalue weighted by Gasteiger charge is 2.13. The van der Waals surface area contributed by atoms with Crippen molar-refractivity contribution in [3.8, 4) is 5.75 Å². The van der Waals surface area contributed by atoms with Crippen LogP contribution in [0.3, 0.4) is 0 Å². The minimum absolute atomic E-state index is 0.0191. The number of carbonyl (C=O) groups is 2. The molecule has 2 rings (SSSR count). The van der Waals surface area contributed by atoms with E-state index in [2.05, 4.69) is 7.85 Å². The van der Waals surface area contributed by atoms with Crippen molar-refractivity contribution in [1.82, 2.24) is 0 Å². The zero-order chi connectivity index (χ0) is 16.4. The predicted octanol–water partition coefficient (Wildman–Crippen LogP) is 3.53. The zero-order valence-corrected chi connectivity index (χ0v) is 12.9. The molecule has 0 aromatic heterocycles. The van der Waals surface area contributed by atoms with Crippen molar-refractivity contribution in [3.63, 3.8) is 0 Å². The molecule has 0 saturated carbocycles. The van der Waals surface area contributed by atoms with Crippen molar-refractivity contribution in [2.75, 3.05) is 7.11 Å². The molecule has 0 N–H and O–H groups in total. The van der Waals surface area contributed by atoms with Gasteiger partial charge in [-0.15, -0.1) is 0 Å². The number of aldehydes is 1. The van der Waals surface area contributed by atoms with Crippen molar-refractivity contribution in [1.29, 1.82) is 0 Å². The van der Waals surface area contributed by atoms with Crippen molar-refractivity contribution in [3.05, 3.63) is 65.2 Å². The summed E-state index contributed by atoms with van der Waals surface area (Å²) in [6.07, 6.45) is 1.80. The lowest BCUT2D eigenvalue weighted by atomic mass is 10.0. The number of Topliss-reactive ketones (excluding diaryl/α,β-unsaturated/α-hetero) is 1. The first-order valence-electron chi connectivity index (χ1n) is 7.02. The van der Waals surface area contributed by atoms with Gasteiger partial charge in [0.05, 0.1) is 20.5 Å². The number of ketones is 1. The summed E-state index contributed by atoms with van der Waals surface area (Å²) in [6.45, 7) is 1.50. The van der Waals surface area contributed by atoms with Gasteiger partial charge < -0.3 is 4.74 Å². The van der Waals surface area contributed by atoms with Crippen LogP contribution in [-0.2, 0) is 6.42 Å². The van der Waals surface area contributed by atoms with Gasteiger partial charge >= 0.3 is 0 Å². The summed E-state index contributed by atoms with van der Waals surface area (Å²) in [5, 5.41) is 0. The first-order valence-corrected chi connectivity index (χ1v) is 7.02. The molecule has 0 aliphatic heterocycles. The summed E-state index contributed by atoms with van der Waals surface area (Å²) in [4.78, 5) is 23.1. The Morgan fingerprint density at radius 1 is 1.14 bits per heavy atom. The third-order valence-electron chi connectivity index (χ3n) is 3.14. The molecule has 0 aliphatic carbocycles. The van der Waals surface area contributed by atoms with E-state index < -0.39 is 0 Å². The van der Waals surface area contributed by atoms with Crippen LogP contribution in [0.15, 0.2) is 48.5 Å². The molecule has 2 aromatic carbocycles. The van der Waals surface area contributed by atoms with E-state index >= 15 is 0 Å². The molecule has 2 radical (unpaired) electrons. The maximum Gasteiger partial charge on any atom is 0.166 e. The Hall–Kier alpha value is -2.36. The SMILES string of the molecule is COc1ccc(C=O)cc1C(=O)CCc1ccccc1.[B]C. The van der Waals surface area contributed by atoms with E-state index in [1.165, 1.54) is 13.9 Å². The lowest BCUT2D eigenvalue weighted by Gasteiger charge is -2.08. The fourth-order valence-corrected chi connectivity index (χ4v) is 2.05. The Kier molecular flexibility index (Phi) is 7.69. The molecule has 22 heavy (non-hydrogen) atoms. The molecule has 0 fully saturated rings. The average Bonchev–Trinajstić information content (AvgIpc) is 2.61. The summed E-state index contributed by atoms with van der Waals surface area (Å²) in [7, 11) is 6.02. The summed E-state index contributed by atoms with van der Waals surface area (Å²) in [5.74, 6) is 0.489. The zero-order valence-electron chi connectivity index (χ0n) is 12.9. The highest BCUT2D eigenvalue weighted by molar-refractivity contribution is 6.05. The number of hydrogen-bond acceptors (Lipinski definition) is 3. The van der Waals surface area contributed by atoms with Gasteiger partial charge in [-0.2, -0.15) is 0 Å². The van der Waals surface area contributed by atoms with Gasteiger partial charge in [0.15, 0.2) is 5.78 Å². The van der Waals surface area contributed by atoms with Gasteiger partial charge in [0.1, 0.15) is 12.0 Å². The van der Waals surface area contributed by atoms with E-state index in [0.717, 1.165) is 11.8 Å². The minimum atomic E-state index is -0.0191. The molecule has 2 aromatic rings. The second-order valence-electron chi connectivity index (χ2n) is 4.49. The van der Waals surface area contributed by atoms with Crippen LogP contribution >= 0.6 is 0 Å². The van der Waals surface area contributed by atoms with E-state index in [9.17, 15) is 9.59 Å². The molecule has 112 valence electrons. The number of rotatable bonds is 6. The predicted molar refractivity (Wildman–Crippen MR) is 89.1 cm³/mol. The molecular formula is C18H19BO3. The van der Waals surface area contributed by atoms with Crippen molar-refractivity contribution < 1.29 is 14.3 Å². The van der Waals surface area contributed by atoms with Crippen molar-refractivity contribution >= 4 is 19.9 Å². The molecule has 0 aliphatic rings. The van der Waals surface area contributed by atoms with Gasteiger partial charge in [0.2, 0.25) is 0 Å². The second kappa shape index (κ2) is 9.56. The number of benzene rings is 2. The molecule has 4 heteroatoms. The highest BCUT2D eigenvalue weighted by atomic mass is 16.5. The maximum atomic E-state index is 12.3. The van der Waals surface area contributed by atoms with E-state index in [1.54, 1.807) is 18.2 Å². The van der Waals surface area contributed by atoms with Crippen LogP contribution in [0.5, 0.6) is 5.75 Å². The van der Waals surface area contributed by atoms with E-state index in [-0.39, 0.29) is 5.78 Å². The van der Waals surface area contributed by atoms with E-state index in [4.69, 9.17) is 4.74 Å². The first-order chi connectivity index (χ1) is 10.7. The standard InChI is InChI=1S/C17H16O3.CH3B/c1-20-17-10-8-14(12-18)11-15(17)16(19)9-7-13-5-3-2-4-6-13;1-2/h2-6,8,10-12H,7,9H2,1H3;1H3. The molecule has 0 bridgehead atoms. The van der Waals surface area contributed by atoms with Crippen LogP contribution in [-0.4, -0.2) is 27.0 Å². The van der Waals surface area contributed by atoms with Crippen LogP contribution < -0.4 is 4.74 Å². The van der Waals surface area contributed by atoms with Crippen molar-refractivity contribution in [2.45, 2.75) is 19.7 Å². The van der Waals surface area contributed by atoms with Gasteiger partial charge in [-0.1, -0.05) is 37.2 Å². The van der Waals surface area contributed by atoms with Crippen LogP contribution in [0.4, 0.5) is 0 Å². The quantitative estimate of drug-likeness (QED) is 0.465. The van der Waals surface area contributed by atoms with Crippen LogP contribution in [0.25, 0.3) is 0 Å². The maximum absolute atomic E-state index is 12.3. The normalized spacial score (nSPS) is 9.36. The third kappa shape index (κ3) is 4.88. The van der Waals surface area contributed by atoms with Crippen LogP contribution in [0.2, 0.25) is 6.82 Å². The molecule has 0 atom stereocenters. The highest BCUT2D eigenvalue weighted by Crippen LogP contribution is 2.21. The molecule has 3 nitrogen and oxygen atoms in total. The molecular weight excluding hydrogens is 275 g/mol. The van der Waals surface area contributed by atoms with Gasteiger partial charge in [0, 0.05) is 12.0 Å². The number of hydrogen-bond donors (Lipinski definition) is 0. The van der Waals surface area contributed by atoms with Gasteiger partial charge in [-0.25, -0.2) is 0 Å². The number of aryl methyl sites for hydroxylation is 1. The summed E-state index contributed by atoms with van der Waals surface area (Å²) in [5.41, 5.74) is 2.06. The smallest absolute Gasteiger partial charge is 0.166 e. The molecule has 0 spiro atoms. The van der Waals surface area contributed by atoms with Crippen LogP contribution in [0.1, 0.15) is 32.7 Å².